The number of hydrogen-bond donors (Lipinski definition) is 1. The average molecular weight is 241 g/mol. The molecule has 0 aromatic heterocycles. The highest BCUT2D eigenvalue weighted by molar-refractivity contribution is 4.74. The molecule has 1 N–H and O–H groups in total. The van der Waals surface area contributed by atoms with Crippen molar-refractivity contribution in [1.29, 1.82) is 0 Å². The zero-order valence-electron chi connectivity index (χ0n) is 10.2. The molecule has 0 spiro atoms. The van der Waals surface area contributed by atoms with Crippen molar-refractivity contribution in [1.82, 2.24) is 5.32 Å². The second-order valence-electron chi connectivity index (χ2n) is 4.08. The SMILES string of the molecule is CCNC(CCC(F)(F)F)C(C)CCOC. The Morgan fingerprint density at radius 3 is 2.31 bits per heavy atom. The van der Waals surface area contributed by atoms with Crippen LogP contribution in [-0.2, 0) is 4.74 Å². The Morgan fingerprint density at radius 2 is 1.88 bits per heavy atom. The monoisotopic (exact) mass is 241 g/mol. The molecule has 0 aromatic rings. The van der Waals surface area contributed by atoms with Crippen LogP contribution in [0.15, 0.2) is 0 Å². The zero-order chi connectivity index (χ0) is 12.6. The summed E-state index contributed by atoms with van der Waals surface area (Å²) in [4.78, 5) is 0. The van der Waals surface area contributed by atoms with Crippen LogP contribution in [0.5, 0.6) is 0 Å². The molecule has 0 rings (SSSR count). The normalized spacial score (nSPS) is 16.1. The fraction of sp³-hybridized carbons (Fsp3) is 1.00. The lowest BCUT2D eigenvalue weighted by Gasteiger charge is -2.25. The molecular weight excluding hydrogens is 219 g/mol. The number of alkyl halides is 3. The molecule has 0 saturated heterocycles. The standard InChI is InChI=1S/C11H22F3NO/c1-4-15-10(5-7-11(12,13)14)9(2)6-8-16-3/h9-10,15H,4-8H2,1-3H3. The molecule has 2 nitrogen and oxygen atoms in total. The summed E-state index contributed by atoms with van der Waals surface area (Å²) in [5.74, 6) is 0.197. The molecule has 0 heterocycles. The number of hydrogen-bond acceptors (Lipinski definition) is 2. The van der Waals surface area contributed by atoms with E-state index in [2.05, 4.69) is 5.32 Å². The number of methoxy groups -OCH3 is 1. The van der Waals surface area contributed by atoms with Crippen molar-refractivity contribution in [2.75, 3.05) is 20.3 Å². The molecule has 16 heavy (non-hydrogen) atoms. The van der Waals surface area contributed by atoms with Crippen LogP contribution >= 0.6 is 0 Å². The van der Waals surface area contributed by atoms with Crippen molar-refractivity contribution >= 4 is 0 Å². The van der Waals surface area contributed by atoms with E-state index in [9.17, 15) is 13.2 Å². The summed E-state index contributed by atoms with van der Waals surface area (Å²) in [5.41, 5.74) is 0. The van der Waals surface area contributed by atoms with Crippen molar-refractivity contribution in [2.45, 2.75) is 45.3 Å². The predicted molar refractivity (Wildman–Crippen MR) is 58.4 cm³/mol. The number of halogens is 3. The Kier molecular flexibility index (Phi) is 7.76. The molecule has 0 fully saturated rings. The van der Waals surface area contributed by atoms with Gasteiger partial charge in [0.25, 0.3) is 0 Å². The molecule has 2 unspecified atom stereocenters. The lowest BCUT2D eigenvalue weighted by molar-refractivity contribution is -0.137. The molecule has 0 aliphatic rings. The largest absolute Gasteiger partial charge is 0.389 e. The highest BCUT2D eigenvalue weighted by Crippen LogP contribution is 2.24. The first-order chi connectivity index (χ1) is 7.40. The highest BCUT2D eigenvalue weighted by atomic mass is 19.4. The topological polar surface area (TPSA) is 21.3 Å². The first-order valence-electron chi connectivity index (χ1n) is 5.69. The number of ether oxygens (including phenoxy) is 1. The smallest absolute Gasteiger partial charge is 0.385 e. The Morgan fingerprint density at radius 1 is 1.25 bits per heavy atom. The van der Waals surface area contributed by atoms with Crippen LogP contribution < -0.4 is 5.32 Å². The molecule has 0 amide bonds. The maximum atomic E-state index is 12.1. The van der Waals surface area contributed by atoms with E-state index in [-0.39, 0.29) is 18.4 Å². The predicted octanol–water partition coefficient (Wildman–Crippen LogP) is 2.98. The molecule has 5 heteroatoms. The minimum absolute atomic E-state index is 0.0817. The van der Waals surface area contributed by atoms with Gasteiger partial charge in [0, 0.05) is 26.2 Å². The van der Waals surface area contributed by atoms with Gasteiger partial charge in [-0.1, -0.05) is 13.8 Å². The molecule has 0 saturated carbocycles. The Bertz CT molecular complexity index is 173. The van der Waals surface area contributed by atoms with Gasteiger partial charge in [0.1, 0.15) is 0 Å². The lowest BCUT2D eigenvalue weighted by Crippen LogP contribution is -2.36. The zero-order valence-corrected chi connectivity index (χ0v) is 10.2. The van der Waals surface area contributed by atoms with Gasteiger partial charge in [-0.15, -0.1) is 0 Å². The van der Waals surface area contributed by atoms with Gasteiger partial charge >= 0.3 is 6.18 Å². The maximum Gasteiger partial charge on any atom is 0.389 e. The van der Waals surface area contributed by atoms with Crippen molar-refractivity contribution in [3.63, 3.8) is 0 Å². The van der Waals surface area contributed by atoms with Gasteiger partial charge in [0.15, 0.2) is 0 Å². The van der Waals surface area contributed by atoms with E-state index in [0.29, 0.717) is 13.2 Å². The van der Waals surface area contributed by atoms with Crippen LogP contribution in [-0.4, -0.2) is 32.5 Å². The van der Waals surface area contributed by atoms with Crippen LogP contribution in [0.3, 0.4) is 0 Å². The van der Waals surface area contributed by atoms with Gasteiger partial charge in [-0.25, -0.2) is 0 Å². The van der Waals surface area contributed by atoms with Gasteiger partial charge in [-0.3, -0.25) is 0 Å². The lowest BCUT2D eigenvalue weighted by atomic mass is 9.94. The van der Waals surface area contributed by atoms with Crippen LogP contribution in [0.1, 0.15) is 33.1 Å². The summed E-state index contributed by atoms with van der Waals surface area (Å²) in [5, 5.41) is 3.11. The van der Waals surface area contributed by atoms with Gasteiger partial charge in [0.05, 0.1) is 0 Å². The summed E-state index contributed by atoms with van der Waals surface area (Å²) >= 11 is 0. The second kappa shape index (κ2) is 7.90. The third-order valence-corrected chi connectivity index (χ3v) is 2.67. The summed E-state index contributed by atoms with van der Waals surface area (Å²) in [6, 6.07) is -0.0817. The minimum atomic E-state index is -4.06. The first kappa shape index (κ1) is 15.7. The second-order valence-corrected chi connectivity index (χ2v) is 4.08. The van der Waals surface area contributed by atoms with Crippen molar-refractivity contribution < 1.29 is 17.9 Å². The van der Waals surface area contributed by atoms with Gasteiger partial charge in [-0.2, -0.15) is 13.2 Å². The van der Waals surface area contributed by atoms with Crippen molar-refractivity contribution in [3.8, 4) is 0 Å². The molecule has 0 radical (unpaired) electrons. The van der Waals surface area contributed by atoms with Crippen LogP contribution in [0, 0.1) is 5.92 Å². The van der Waals surface area contributed by atoms with Crippen molar-refractivity contribution in [3.05, 3.63) is 0 Å². The van der Waals surface area contributed by atoms with Crippen LogP contribution in [0.25, 0.3) is 0 Å². The van der Waals surface area contributed by atoms with E-state index in [1.54, 1.807) is 7.11 Å². The van der Waals surface area contributed by atoms with Gasteiger partial charge in [-0.05, 0) is 25.3 Å². The van der Waals surface area contributed by atoms with E-state index in [4.69, 9.17) is 4.74 Å². The van der Waals surface area contributed by atoms with E-state index < -0.39 is 12.6 Å². The van der Waals surface area contributed by atoms with Crippen LogP contribution in [0.4, 0.5) is 13.2 Å². The Balaban J connectivity index is 4.04. The molecule has 98 valence electrons. The Hall–Kier alpha value is -0.290. The van der Waals surface area contributed by atoms with Crippen LogP contribution in [0.2, 0.25) is 0 Å². The molecule has 0 aliphatic heterocycles. The quantitative estimate of drug-likeness (QED) is 0.705. The van der Waals surface area contributed by atoms with E-state index in [1.165, 1.54) is 0 Å². The molecule has 2 atom stereocenters. The summed E-state index contributed by atoms with van der Waals surface area (Å²) in [6.45, 7) is 5.15. The van der Waals surface area contributed by atoms with E-state index in [1.807, 2.05) is 13.8 Å². The van der Waals surface area contributed by atoms with Gasteiger partial charge < -0.3 is 10.1 Å². The summed E-state index contributed by atoms with van der Waals surface area (Å²) < 4.78 is 41.3. The molecular formula is C11H22F3NO. The number of rotatable bonds is 8. The van der Waals surface area contributed by atoms with E-state index in [0.717, 1.165) is 6.42 Å². The Labute approximate surface area is 95.5 Å². The summed E-state index contributed by atoms with van der Waals surface area (Å²) in [6.07, 6.45) is -3.86. The maximum absolute atomic E-state index is 12.1. The first-order valence-corrected chi connectivity index (χ1v) is 5.69. The fourth-order valence-corrected chi connectivity index (χ4v) is 1.67. The number of nitrogens with one attached hydrogen (secondary N) is 1. The van der Waals surface area contributed by atoms with E-state index >= 15 is 0 Å². The molecule has 0 aromatic carbocycles. The summed E-state index contributed by atoms with van der Waals surface area (Å²) in [7, 11) is 1.60. The fourth-order valence-electron chi connectivity index (χ4n) is 1.67. The van der Waals surface area contributed by atoms with Gasteiger partial charge in [0.2, 0.25) is 0 Å². The van der Waals surface area contributed by atoms with Crippen molar-refractivity contribution in [2.24, 2.45) is 5.92 Å². The third kappa shape index (κ3) is 7.93. The molecule has 0 aliphatic carbocycles. The third-order valence-electron chi connectivity index (χ3n) is 2.67. The average Bonchev–Trinajstić information content (AvgIpc) is 2.19. The minimum Gasteiger partial charge on any atom is -0.385 e. The highest BCUT2D eigenvalue weighted by Gasteiger charge is 2.29. The molecule has 0 bridgehead atoms.